The van der Waals surface area contributed by atoms with Crippen LogP contribution < -0.4 is 0 Å². The van der Waals surface area contributed by atoms with Crippen LogP contribution in [0.2, 0.25) is 0 Å². The Balaban J connectivity index is 2.62. The summed E-state index contributed by atoms with van der Waals surface area (Å²) in [6, 6.07) is 6.65. The molecule has 0 saturated heterocycles. The largest absolute Gasteiger partial charge is 0.359 e. The van der Waals surface area contributed by atoms with Crippen molar-refractivity contribution in [2.75, 3.05) is 0 Å². The van der Waals surface area contributed by atoms with E-state index >= 15 is 0 Å². The van der Waals surface area contributed by atoms with Gasteiger partial charge in [0.1, 0.15) is 10.9 Å². The van der Waals surface area contributed by atoms with Crippen LogP contribution in [0.25, 0.3) is 10.9 Å². The second-order valence-corrected chi connectivity index (χ2v) is 4.73. The molecule has 2 aromatic rings. The average Bonchev–Trinajstić information content (AvgIpc) is 2.41. The number of benzene rings is 1. The van der Waals surface area contributed by atoms with Crippen LogP contribution >= 0.6 is 10.9 Å². The fraction of sp³-hybridized carbons (Fsp3) is 0.111. The Morgan fingerprint density at radius 2 is 1.86 bits per heavy atom. The van der Waals surface area contributed by atoms with E-state index in [0.29, 0.717) is 0 Å². The summed E-state index contributed by atoms with van der Waals surface area (Å²) in [6.07, 6.45) is 0. The lowest BCUT2D eigenvalue weighted by Crippen LogP contribution is -1.94. The summed E-state index contributed by atoms with van der Waals surface area (Å²) < 4.78 is 27.1. The van der Waals surface area contributed by atoms with E-state index in [4.69, 9.17) is 13.7 Å². The molecule has 4 nitrogen and oxygen atoms in total. The van der Waals surface area contributed by atoms with Gasteiger partial charge in [0.2, 0.25) is 0 Å². The highest BCUT2D eigenvalue weighted by molar-refractivity contribution is 8.19. The maximum Gasteiger partial charge on any atom is 0.112 e. The molecule has 5 heteroatoms. The van der Waals surface area contributed by atoms with E-state index in [2.05, 4.69) is 4.98 Å². The van der Waals surface area contributed by atoms with Crippen LogP contribution in [0.1, 0.15) is 5.69 Å². The fourth-order valence-electron chi connectivity index (χ4n) is 1.43. The van der Waals surface area contributed by atoms with Gasteiger partial charge in [0.15, 0.2) is 0 Å². The molecule has 0 amide bonds. The van der Waals surface area contributed by atoms with Crippen molar-refractivity contribution in [3.05, 3.63) is 30.0 Å². The lowest BCUT2D eigenvalue weighted by Gasteiger charge is -2.18. The number of aromatic nitrogens is 1. The second kappa shape index (κ2) is 2.99. The number of aryl methyl sites for hydroxylation is 1. The highest BCUT2D eigenvalue weighted by Gasteiger charge is 2.15. The van der Waals surface area contributed by atoms with Crippen molar-refractivity contribution in [3.8, 4) is 0 Å². The van der Waals surface area contributed by atoms with E-state index in [0.717, 1.165) is 16.6 Å². The second-order valence-electron chi connectivity index (χ2n) is 3.22. The zero-order valence-corrected chi connectivity index (χ0v) is 8.38. The third kappa shape index (κ3) is 1.62. The molecule has 76 valence electrons. The van der Waals surface area contributed by atoms with E-state index in [-0.39, 0.29) is 4.90 Å². The van der Waals surface area contributed by atoms with Gasteiger partial charge >= 0.3 is 0 Å². The summed E-state index contributed by atoms with van der Waals surface area (Å²) in [5.41, 5.74) is 1.90. The molecule has 0 aliphatic rings. The third-order valence-electron chi connectivity index (χ3n) is 2.04. The zero-order chi connectivity index (χ0) is 10.3. The smallest absolute Gasteiger partial charge is 0.112 e. The Bertz CT molecular complexity index is 472. The summed E-state index contributed by atoms with van der Waals surface area (Å²) in [7, 11) is -3.60. The number of rotatable bonds is 1. The monoisotopic (exact) mass is 213 g/mol. The van der Waals surface area contributed by atoms with Crippen molar-refractivity contribution >= 4 is 21.8 Å². The van der Waals surface area contributed by atoms with Crippen LogP contribution in [0.5, 0.6) is 0 Å². The van der Waals surface area contributed by atoms with Crippen LogP contribution in [0.15, 0.2) is 29.2 Å². The van der Waals surface area contributed by atoms with Crippen molar-refractivity contribution in [2.24, 2.45) is 0 Å². The first-order chi connectivity index (χ1) is 6.47. The number of aromatic amines is 1. The molecule has 1 aromatic heterocycles. The quantitative estimate of drug-likeness (QED) is 0.588. The predicted molar refractivity (Wildman–Crippen MR) is 56.8 cm³/mol. The van der Waals surface area contributed by atoms with Crippen molar-refractivity contribution in [1.29, 1.82) is 0 Å². The molecule has 0 aliphatic heterocycles. The van der Waals surface area contributed by atoms with Crippen molar-refractivity contribution in [1.82, 2.24) is 4.98 Å². The Labute approximate surface area is 82.8 Å². The first kappa shape index (κ1) is 9.54. The topological polar surface area (TPSA) is 76.5 Å². The number of H-pyrrole nitrogens is 1. The summed E-state index contributed by atoms with van der Waals surface area (Å²) in [5.74, 6) is 0. The van der Waals surface area contributed by atoms with Crippen molar-refractivity contribution < 1.29 is 13.7 Å². The van der Waals surface area contributed by atoms with Crippen LogP contribution in [-0.4, -0.2) is 18.6 Å². The minimum atomic E-state index is -3.60. The van der Waals surface area contributed by atoms with E-state index in [1.807, 2.05) is 13.0 Å². The number of nitrogens with one attached hydrogen (secondary N) is 1. The zero-order valence-electron chi connectivity index (χ0n) is 7.56. The SMILES string of the molecule is Cc1cc2cc(S(O)(O)O)ccc2[nH]1. The molecule has 0 fully saturated rings. The molecule has 1 aromatic carbocycles. The standard InChI is InChI=1S/C9H11NO3S/c1-6-4-7-5-8(14(11,12)13)2-3-9(7)10-6/h2-5,10-13H,1H3. The molecule has 2 rings (SSSR count). The highest BCUT2D eigenvalue weighted by atomic mass is 32.3. The molecule has 0 spiro atoms. The van der Waals surface area contributed by atoms with Gasteiger partial charge in [-0.15, -0.1) is 0 Å². The molecule has 0 bridgehead atoms. The summed E-state index contributed by atoms with van der Waals surface area (Å²) >= 11 is 0. The van der Waals surface area contributed by atoms with Crippen LogP contribution in [0, 0.1) is 6.92 Å². The van der Waals surface area contributed by atoms with Gasteiger partial charge in [-0.05, 0) is 31.2 Å². The lowest BCUT2D eigenvalue weighted by molar-refractivity contribution is 0.376. The van der Waals surface area contributed by atoms with Gasteiger partial charge < -0.3 is 18.6 Å². The predicted octanol–water partition coefficient (Wildman–Crippen LogP) is 3.06. The van der Waals surface area contributed by atoms with E-state index < -0.39 is 10.9 Å². The van der Waals surface area contributed by atoms with Gasteiger partial charge in [-0.2, -0.15) is 0 Å². The fourth-order valence-corrected chi connectivity index (χ4v) is 1.96. The lowest BCUT2D eigenvalue weighted by atomic mass is 10.2. The minimum absolute atomic E-state index is 0.143. The van der Waals surface area contributed by atoms with E-state index in [1.54, 1.807) is 12.1 Å². The number of fused-ring (bicyclic) bond motifs is 1. The van der Waals surface area contributed by atoms with Crippen molar-refractivity contribution in [3.63, 3.8) is 0 Å². The maximum atomic E-state index is 9.04. The average molecular weight is 213 g/mol. The normalized spacial score (nSPS) is 13.4. The van der Waals surface area contributed by atoms with Gasteiger partial charge in [0.05, 0.1) is 4.90 Å². The summed E-state index contributed by atoms with van der Waals surface area (Å²) in [4.78, 5) is 3.24. The van der Waals surface area contributed by atoms with Crippen LogP contribution in [0.3, 0.4) is 0 Å². The Hall–Kier alpha value is -1.01. The minimum Gasteiger partial charge on any atom is -0.359 e. The van der Waals surface area contributed by atoms with Gasteiger partial charge in [0, 0.05) is 16.6 Å². The maximum absolute atomic E-state index is 9.04. The first-order valence-electron chi connectivity index (χ1n) is 4.07. The van der Waals surface area contributed by atoms with Crippen LogP contribution in [0.4, 0.5) is 0 Å². The molecule has 0 aliphatic carbocycles. The summed E-state index contributed by atoms with van der Waals surface area (Å²) in [5, 5.41) is 0.856. The highest BCUT2D eigenvalue weighted by Crippen LogP contribution is 2.44. The number of hydrogen-bond donors (Lipinski definition) is 4. The third-order valence-corrected chi connectivity index (χ3v) is 2.93. The summed E-state index contributed by atoms with van der Waals surface area (Å²) in [6.45, 7) is 1.91. The Morgan fingerprint density at radius 3 is 2.50 bits per heavy atom. The van der Waals surface area contributed by atoms with Crippen molar-refractivity contribution in [2.45, 2.75) is 11.8 Å². The molecule has 0 radical (unpaired) electrons. The molecular formula is C9H11NO3S. The molecule has 0 unspecified atom stereocenters. The Kier molecular flexibility index (Phi) is 2.04. The molecule has 4 N–H and O–H groups in total. The van der Waals surface area contributed by atoms with Crippen LogP contribution in [-0.2, 0) is 0 Å². The Morgan fingerprint density at radius 1 is 1.14 bits per heavy atom. The van der Waals surface area contributed by atoms with Gasteiger partial charge in [0.25, 0.3) is 0 Å². The molecular weight excluding hydrogens is 202 g/mol. The number of hydrogen-bond acceptors (Lipinski definition) is 3. The van der Waals surface area contributed by atoms with Gasteiger partial charge in [-0.3, -0.25) is 0 Å². The van der Waals surface area contributed by atoms with Gasteiger partial charge in [-0.1, -0.05) is 0 Å². The van der Waals surface area contributed by atoms with E-state index in [9.17, 15) is 0 Å². The van der Waals surface area contributed by atoms with Gasteiger partial charge in [-0.25, -0.2) is 0 Å². The molecule has 0 atom stereocenters. The molecule has 0 saturated carbocycles. The first-order valence-corrected chi connectivity index (χ1v) is 5.57. The molecule has 14 heavy (non-hydrogen) atoms. The molecule has 1 heterocycles. The van der Waals surface area contributed by atoms with E-state index in [1.165, 1.54) is 6.07 Å².